The number of carboxylic acids is 1. The molecule has 0 heterocycles. The van der Waals surface area contributed by atoms with E-state index in [4.69, 9.17) is 10.8 Å². The number of hydrogen-bond donors (Lipinski definition) is 3. The minimum atomic E-state index is -0.826. The summed E-state index contributed by atoms with van der Waals surface area (Å²) in [5.74, 6) is -1.04. The first kappa shape index (κ1) is 19.7. The standard InChI is InChI=1S/C16H13I3N2O3/c17-10-7-11(18)15(20)14(19)13(10)16(24)21-9-4-1-8(2-5-9)3-6-12(22)23/h1-2,4-5,7H,3,6,20H2,(H,21,24)(H,22,23). The van der Waals surface area contributed by atoms with Gasteiger partial charge in [0.1, 0.15) is 0 Å². The molecule has 0 aliphatic heterocycles. The van der Waals surface area contributed by atoms with Crippen LogP contribution in [0.25, 0.3) is 0 Å². The summed E-state index contributed by atoms with van der Waals surface area (Å²) in [6, 6.07) is 9.05. The quantitative estimate of drug-likeness (QED) is 0.328. The molecule has 2 rings (SSSR count). The molecule has 0 radical (unpaired) electrons. The van der Waals surface area contributed by atoms with Crippen LogP contribution in [-0.4, -0.2) is 17.0 Å². The average molecular weight is 662 g/mol. The highest BCUT2D eigenvalue weighted by atomic mass is 127. The van der Waals surface area contributed by atoms with Gasteiger partial charge in [-0.2, -0.15) is 0 Å². The van der Waals surface area contributed by atoms with E-state index >= 15 is 0 Å². The lowest BCUT2D eigenvalue weighted by Gasteiger charge is -2.12. The molecule has 0 atom stereocenters. The Bertz CT molecular complexity index is 792. The molecule has 4 N–H and O–H groups in total. The van der Waals surface area contributed by atoms with Crippen LogP contribution in [0.3, 0.4) is 0 Å². The number of aryl methyl sites for hydroxylation is 1. The van der Waals surface area contributed by atoms with Gasteiger partial charge in [-0.3, -0.25) is 9.59 Å². The first-order valence-corrected chi connectivity index (χ1v) is 10.1. The second-order valence-electron chi connectivity index (χ2n) is 4.99. The largest absolute Gasteiger partial charge is 0.481 e. The number of rotatable bonds is 5. The van der Waals surface area contributed by atoms with Crippen molar-refractivity contribution in [3.8, 4) is 0 Å². The van der Waals surface area contributed by atoms with Crippen molar-refractivity contribution in [2.75, 3.05) is 11.1 Å². The zero-order chi connectivity index (χ0) is 17.9. The van der Waals surface area contributed by atoms with E-state index in [1.54, 1.807) is 12.1 Å². The maximum atomic E-state index is 12.6. The van der Waals surface area contributed by atoms with Gasteiger partial charge in [-0.15, -0.1) is 0 Å². The highest BCUT2D eigenvalue weighted by Gasteiger charge is 2.18. The summed E-state index contributed by atoms with van der Waals surface area (Å²) in [6.45, 7) is 0. The first-order chi connectivity index (χ1) is 11.3. The Labute approximate surface area is 180 Å². The van der Waals surface area contributed by atoms with Crippen LogP contribution in [0.1, 0.15) is 22.3 Å². The van der Waals surface area contributed by atoms with E-state index in [1.807, 2.05) is 18.2 Å². The van der Waals surface area contributed by atoms with Crippen molar-refractivity contribution in [1.29, 1.82) is 0 Å². The Morgan fingerprint density at radius 1 is 1.08 bits per heavy atom. The summed E-state index contributed by atoms with van der Waals surface area (Å²) < 4.78 is 2.49. The SMILES string of the molecule is Nc1c(I)cc(I)c(C(=O)Nc2ccc(CCC(=O)O)cc2)c1I. The molecule has 0 saturated carbocycles. The van der Waals surface area contributed by atoms with Gasteiger partial charge in [-0.25, -0.2) is 0 Å². The van der Waals surface area contributed by atoms with Crippen molar-refractivity contribution in [2.24, 2.45) is 0 Å². The van der Waals surface area contributed by atoms with Crippen molar-refractivity contribution >= 4 is 91.0 Å². The molecule has 0 bridgehead atoms. The Morgan fingerprint density at radius 3 is 2.29 bits per heavy atom. The highest BCUT2D eigenvalue weighted by Crippen LogP contribution is 2.30. The molecule has 2 aromatic carbocycles. The molecule has 0 fully saturated rings. The summed E-state index contributed by atoms with van der Waals surface area (Å²) >= 11 is 6.36. The van der Waals surface area contributed by atoms with E-state index in [2.05, 4.69) is 73.1 Å². The van der Waals surface area contributed by atoms with Gasteiger partial charge in [0.2, 0.25) is 0 Å². The number of carbonyl (C=O) groups excluding carboxylic acids is 1. The monoisotopic (exact) mass is 662 g/mol. The number of aliphatic carboxylic acids is 1. The van der Waals surface area contributed by atoms with Crippen molar-refractivity contribution in [3.63, 3.8) is 0 Å². The zero-order valence-corrected chi connectivity index (χ0v) is 18.7. The summed E-state index contributed by atoms with van der Waals surface area (Å²) in [5, 5.41) is 11.6. The molecule has 2 aromatic rings. The molecule has 0 unspecified atom stereocenters. The molecular formula is C16H13I3N2O3. The lowest BCUT2D eigenvalue weighted by Crippen LogP contribution is -2.16. The number of carboxylic acid groups (broad SMARTS) is 1. The van der Waals surface area contributed by atoms with Gasteiger partial charge in [0.25, 0.3) is 5.91 Å². The van der Waals surface area contributed by atoms with Crippen LogP contribution in [-0.2, 0) is 11.2 Å². The van der Waals surface area contributed by atoms with Crippen LogP contribution < -0.4 is 11.1 Å². The molecule has 8 heteroatoms. The molecule has 5 nitrogen and oxygen atoms in total. The predicted octanol–water partition coefficient (Wildman–Crippen LogP) is 4.35. The van der Waals surface area contributed by atoms with E-state index in [-0.39, 0.29) is 12.3 Å². The third-order valence-corrected chi connectivity index (χ3v) is 6.14. The van der Waals surface area contributed by atoms with Gasteiger partial charge >= 0.3 is 5.97 Å². The number of nitrogens with one attached hydrogen (secondary N) is 1. The Balaban J connectivity index is 2.16. The minimum absolute atomic E-state index is 0.0873. The third kappa shape index (κ3) is 4.94. The van der Waals surface area contributed by atoms with Crippen LogP contribution in [0, 0.1) is 10.7 Å². The predicted molar refractivity (Wildman–Crippen MR) is 119 cm³/mol. The lowest BCUT2D eigenvalue weighted by atomic mass is 10.1. The average Bonchev–Trinajstić information content (AvgIpc) is 2.52. The number of benzene rings is 2. The number of amides is 1. The smallest absolute Gasteiger partial charge is 0.303 e. The van der Waals surface area contributed by atoms with Crippen molar-refractivity contribution < 1.29 is 14.7 Å². The maximum Gasteiger partial charge on any atom is 0.303 e. The van der Waals surface area contributed by atoms with Crippen LogP contribution >= 0.6 is 67.8 Å². The van der Waals surface area contributed by atoms with Gasteiger partial charge in [0, 0.05) is 19.2 Å². The second kappa shape index (κ2) is 8.65. The topological polar surface area (TPSA) is 92.4 Å². The van der Waals surface area contributed by atoms with E-state index in [1.165, 1.54) is 0 Å². The van der Waals surface area contributed by atoms with Crippen LogP contribution in [0.5, 0.6) is 0 Å². The number of nitrogens with two attached hydrogens (primary N) is 1. The molecule has 0 aliphatic carbocycles. The van der Waals surface area contributed by atoms with Gasteiger partial charge < -0.3 is 16.2 Å². The highest BCUT2D eigenvalue weighted by molar-refractivity contribution is 14.1. The van der Waals surface area contributed by atoms with Gasteiger partial charge in [-0.1, -0.05) is 12.1 Å². The lowest BCUT2D eigenvalue weighted by molar-refractivity contribution is -0.136. The molecule has 0 aromatic heterocycles. The maximum absolute atomic E-state index is 12.6. The van der Waals surface area contributed by atoms with E-state index < -0.39 is 5.97 Å². The second-order valence-corrected chi connectivity index (χ2v) is 8.39. The number of hydrogen-bond acceptors (Lipinski definition) is 3. The molecule has 1 amide bonds. The molecule has 0 spiro atoms. The number of nitrogen functional groups attached to an aromatic ring is 1. The van der Waals surface area contributed by atoms with Gasteiger partial charge in [0.15, 0.2) is 0 Å². The van der Waals surface area contributed by atoms with Crippen LogP contribution in [0.15, 0.2) is 30.3 Å². The Morgan fingerprint density at radius 2 is 1.71 bits per heavy atom. The Hall–Kier alpha value is -0.630. The first-order valence-electron chi connectivity index (χ1n) is 6.84. The molecule has 0 saturated heterocycles. The van der Waals surface area contributed by atoms with E-state index in [9.17, 15) is 9.59 Å². The van der Waals surface area contributed by atoms with Crippen molar-refractivity contribution in [3.05, 3.63) is 52.2 Å². The third-order valence-electron chi connectivity index (χ3n) is 3.27. The summed E-state index contributed by atoms with van der Waals surface area (Å²) in [7, 11) is 0. The fourth-order valence-electron chi connectivity index (χ4n) is 2.01. The van der Waals surface area contributed by atoms with Crippen LogP contribution in [0.2, 0.25) is 0 Å². The minimum Gasteiger partial charge on any atom is -0.481 e. The molecule has 24 heavy (non-hydrogen) atoms. The van der Waals surface area contributed by atoms with Crippen molar-refractivity contribution in [2.45, 2.75) is 12.8 Å². The number of anilines is 2. The summed E-state index contributed by atoms with van der Waals surface area (Å²) in [4.78, 5) is 23.2. The molecular weight excluding hydrogens is 649 g/mol. The van der Waals surface area contributed by atoms with Crippen molar-refractivity contribution in [1.82, 2.24) is 0 Å². The van der Waals surface area contributed by atoms with Gasteiger partial charge in [-0.05, 0) is 98.0 Å². The number of carbonyl (C=O) groups is 2. The summed E-state index contributed by atoms with van der Waals surface area (Å²) in [5.41, 5.74) is 8.75. The van der Waals surface area contributed by atoms with E-state index in [0.29, 0.717) is 23.4 Å². The number of halogens is 3. The zero-order valence-electron chi connectivity index (χ0n) is 12.3. The van der Waals surface area contributed by atoms with Crippen LogP contribution in [0.4, 0.5) is 11.4 Å². The summed E-state index contributed by atoms with van der Waals surface area (Å²) in [6.07, 6.45) is 0.553. The fraction of sp³-hybridized carbons (Fsp3) is 0.125. The molecule has 126 valence electrons. The fourth-order valence-corrected chi connectivity index (χ4v) is 5.87. The molecule has 0 aliphatic rings. The normalized spacial score (nSPS) is 10.5. The van der Waals surface area contributed by atoms with Gasteiger partial charge in [0.05, 0.1) is 14.8 Å². The Kier molecular flexibility index (Phi) is 7.10. The van der Waals surface area contributed by atoms with E-state index in [0.717, 1.165) is 16.3 Å².